The summed E-state index contributed by atoms with van der Waals surface area (Å²) < 4.78 is 18.2. The van der Waals surface area contributed by atoms with Crippen molar-refractivity contribution in [2.45, 2.75) is 0 Å². The van der Waals surface area contributed by atoms with Crippen molar-refractivity contribution in [3.8, 4) is 16.9 Å². The molecule has 0 amide bonds. The van der Waals surface area contributed by atoms with E-state index >= 15 is 0 Å². The Morgan fingerprint density at radius 2 is 1.72 bits per heavy atom. The molecule has 0 aliphatic rings. The molecule has 0 aromatic heterocycles. The number of carbonyl (C=O) groups excluding carboxylic acids is 1. The minimum atomic E-state index is -1.53. The lowest BCUT2D eigenvalue weighted by Gasteiger charge is -2.08. The third-order valence-electron chi connectivity index (χ3n) is 2.61. The van der Waals surface area contributed by atoms with E-state index < -0.39 is 17.3 Å². The zero-order chi connectivity index (χ0) is 13.1. The summed E-state index contributed by atoms with van der Waals surface area (Å²) in [5.41, 5.74) is 0.944. The molecule has 0 fully saturated rings. The van der Waals surface area contributed by atoms with E-state index in [0.717, 1.165) is 11.6 Å². The highest BCUT2D eigenvalue weighted by Crippen LogP contribution is 2.24. The molecule has 2 rings (SSSR count). The van der Waals surface area contributed by atoms with Gasteiger partial charge in [0.2, 0.25) is 0 Å². The zero-order valence-electron chi connectivity index (χ0n) is 9.64. The zero-order valence-corrected chi connectivity index (χ0v) is 9.64. The van der Waals surface area contributed by atoms with Gasteiger partial charge in [-0.05, 0) is 35.4 Å². The number of rotatable bonds is 3. The maximum absolute atomic E-state index is 13.2. The summed E-state index contributed by atoms with van der Waals surface area (Å²) in [6, 6.07) is 10.9. The van der Waals surface area contributed by atoms with E-state index in [9.17, 15) is 14.3 Å². The molecule has 0 saturated carbocycles. The molecule has 2 aromatic rings. The van der Waals surface area contributed by atoms with Crippen molar-refractivity contribution < 1.29 is 19.0 Å². The Balaban J connectivity index is 2.44. The van der Waals surface area contributed by atoms with Crippen LogP contribution in [0.15, 0.2) is 42.5 Å². The minimum Gasteiger partial charge on any atom is -0.545 e. The van der Waals surface area contributed by atoms with Gasteiger partial charge < -0.3 is 14.6 Å². The first-order valence-corrected chi connectivity index (χ1v) is 5.27. The average molecular weight is 245 g/mol. The van der Waals surface area contributed by atoms with Crippen molar-refractivity contribution >= 4 is 5.97 Å². The van der Waals surface area contributed by atoms with Gasteiger partial charge in [0.25, 0.3) is 0 Å². The number of methoxy groups -OCH3 is 1. The van der Waals surface area contributed by atoms with Gasteiger partial charge in [-0.3, -0.25) is 0 Å². The van der Waals surface area contributed by atoms with Gasteiger partial charge in [0, 0.05) is 5.56 Å². The minimum absolute atomic E-state index is 0.441. The third kappa shape index (κ3) is 2.32. The van der Waals surface area contributed by atoms with E-state index in [1.807, 2.05) is 0 Å². The number of carboxylic acid groups (broad SMARTS) is 1. The Morgan fingerprint density at radius 3 is 2.28 bits per heavy atom. The molecule has 0 atom stereocenters. The second-order valence-corrected chi connectivity index (χ2v) is 3.71. The molecule has 0 aliphatic carbocycles. The van der Waals surface area contributed by atoms with E-state index in [4.69, 9.17) is 4.74 Å². The summed E-state index contributed by atoms with van der Waals surface area (Å²) in [5.74, 6) is -1.63. The molecule has 18 heavy (non-hydrogen) atoms. The fourth-order valence-corrected chi connectivity index (χ4v) is 1.64. The lowest BCUT2D eigenvalue weighted by Crippen LogP contribution is -2.23. The summed E-state index contributed by atoms with van der Waals surface area (Å²) in [4.78, 5) is 10.7. The normalized spacial score (nSPS) is 10.1. The number of benzene rings is 2. The standard InChI is InChI=1S/C14H11FO3/c1-18-11-5-2-9(3-6-11)10-4-7-13(15)12(8-10)14(16)17/h2-8H,1H3,(H,16,17)/p-1. The molecule has 3 nitrogen and oxygen atoms in total. The van der Waals surface area contributed by atoms with E-state index in [0.29, 0.717) is 11.3 Å². The third-order valence-corrected chi connectivity index (χ3v) is 2.61. The Morgan fingerprint density at radius 1 is 1.11 bits per heavy atom. The van der Waals surface area contributed by atoms with Crippen LogP contribution in [0.4, 0.5) is 4.39 Å². The van der Waals surface area contributed by atoms with Gasteiger partial charge in [-0.2, -0.15) is 0 Å². The second kappa shape index (κ2) is 4.87. The molecule has 2 aromatic carbocycles. The summed E-state index contributed by atoms with van der Waals surface area (Å²) in [6.45, 7) is 0. The molecule has 0 saturated heterocycles. The summed E-state index contributed by atoms with van der Waals surface area (Å²) in [7, 11) is 1.56. The highest BCUT2D eigenvalue weighted by Gasteiger charge is 2.06. The number of aromatic carboxylic acids is 1. The molecule has 0 spiro atoms. The second-order valence-electron chi connectivity index (χ2n) is 3.71. The number of hydrogen-bond donors (Lipinski definition) is 0. The first kappa shape index (κ1) is 12.1. The summed E-state index contributed by atoms with van der Waals surface area (Å²) in [5, 5.41) is 10.7. The molecular weight excluding hydrogens is 235 g/mol. The Kier molecular flexibility index (Phi) is 3.28. The quantitative estimate of drug-likeness (QED) is 0.829. The van der Waals surface area contributed by atoms with E-state index in [1.165, 1.54) is 12.1 Å². The molecular formula is C14H10FO3-. The van der Waals surface area contributed by atoms with Crippen molar-refractivity contribution in [1.82, 2.24) is 0 Å². The van der Waals surface area contributed by atoms with Gasteiger partial charge in [-0.15, -0.1) is 0 Å². The molecule has 4 heteroatoms. The van der Waals surface area contributed by atoms with Gasteiger partial charge >= 0.3 is 0 Å². The van der Waals surface area contributed by atoms with Gasteiger partial charge in [-0.1, -0.05) is 18.2 Å². The largest absolute Gasteiger partial charge is 0.545 e. The fourth-order valence-electron chi connectivity index (χ4n) is 1.64. The van der Waals surface area contributed by atoms with Crippen LogP contribution in [0.25, 0.3) is 11.1 Å². The predicted molar refractivity (Wildman–Crippen MR) is 62.7 cm³/mol. The van der Waals surface area contributed by atoms with Crippen LogP contribution >= 0.6 is 0 Å². The number of ether oxygens (including phenoxy) is 1. The van der Waals surface area contributed by atoms with Crippen molar-refractivity contribution in [1.29, 1.82) is 0 Å². The summed E-state index contributed by atoms with van der Waals surface area (Å²) >= 11 is 0. The number of hydrogen-bond acceptors (Lipinski definition) is 3. The fraction of sp³-hybridized carbons (Fsp3) is 0.0714. The first-order chi connectivity index (χ1) is 8.61. The van der Waals surface area contributed by atoms with Crippen LogP contribution in [0.3, 0.4) is 0 Å². The van der Waals surface area contributed by atoms with E-state index in [1.54, 1.807) is 31.4 Å². The highest BCUT2D eigenvalue weighted by molar-refractivity contribution is 5.88. The lowest BCUT2D eigenvalue weighted by atomic mass is 10.0. The van der Waals surface area contributed by atoms with Crippen LogP contribution in [-0.4, -0.2) is 13.1 Å². The Hall–Kier alpha value is -2.36. The predicted octanol–water partition coefficient (Wildman–Crippen LogP) is 1.86. The van der Waals surface area contributed by atoms with E-state index in [-0.39, 0.29) is 0 Å². The van der Waals surface area contributed by atoms with Crippen molar-refractivity contribution in [2.75, 3.05) is 7.11 Å². The molecule has 92 valence electrons. The van der Waals surface area contributed by atoms with Gasteiger partial charge in [-0.25, -0.2) is 4.39 Å². The van der Waals surface area contributed by atoms with E-state index in [2.05, 4.69) is 0 Å². The highest BCUT2D eigenvalue weighted by atomic mass is 19.1. The van der Waals surface area contributed by atoms with Crippen LogP contribution in [0.5, 0.6) is 5.75 Å². The maximum atomic E-state index is 13.2. The SMILES string of the molecule is COc1ccc(-c2ccc(F)c(C(=O)[O-])c2)cc1. The average Bonchev–Trinajstić information content (AvgIpc) is 2.39. The van der Waals surface area contributed by atoms with Gasteiger partial charge in [0.1, 0.15) is 11.6 Å². The first-order valence-electron chi connectivity index (χ1n) is 5.27. The smallest absolute Gasteiger partial charge is 0.132 e. The number of carboxylic acids is 1. The molecule has 0 radical (unpaired) electrons. The van der Waals surface area contributed by atoms with Gasteiger partial charge in [0.15, 0.2) is 0 Å². The molecule has 0 N–H and O–H groups in total. The van der Waals surface area contributed by atoms with Crippen LogP contribution in [-0.2, 0) is 0 Å². The molecule has 0 unspecified atom stereocenters. The van der Waals surface area contributed by atoms with Crippen LogP contribution < -0.4 is 9.84 Å². The van der Waals surface area contributed by atoms with Gasteiger partial charge in [0.05, 0.1) is 13.1 Å². The molecule has 0 aliphatic heterocycles. The topological polar surface area (TPSA) is 49.4 Å². The van der Waals surface area contributed by atoms with Crippen molar-refractivity contribution in [3.63, 3.8) is 0 Å². The molecule has 0 bridgehead atoms. The maximum Gasteiger partial charge on any atom is 0.132 e. The van der Waals surface area contributed by atoms with Crippen LogP contribution in [0, 0.1) is 5.82 Å². The summed E-state index contributed by atoms with van der Waals surface area (Å²) in [6.07, 6.45) is 0. The van der Waals surface area contributed by atoms with Crippen LogP contribution in [0.1, 0.15) is 10.4 Å². The lowest BCUT2D eigenvalue weighted by molar-refractivity contribution is -0.255. The number of halogens is 1. The Labute approximate surface area is 103 Å². The monoisotopic (exact) mass is 245 g/mol. The van der Waals surface area contributed by atoms with Crippen LogP contribution in [0.2, 0.25) is 0 Å². The Bertz CT molecular complexity index is 576. The van der Waals surface area contributed by atoms with Crippen molar-refractivity contribution in [2.24, 2.45) is 0 Å². The number of carbonyl (C=O) groups is 1. The van der Waals surface area contributed by atoms with Crippen molar-refractivity contribution in [3.05, 3.63) is 53.8 Å². The molecule has 0 heterocycles.